The molecule has 0 saturated heterocycles. The largest absolute Gasteiger partial charge is 0.457 e. The number of benzene rings is 6. The van der Waals surface area contributed by atoms with E-state index in [9.17, 15) is 0 Å². The average Bonchev–Trinajstić information content (AvgIpc) is 3.46. The number of anilines is 2. The minimum absolute atomic E-state index is 0.515. The fourth-order valence-corrected chi connectivity index (χ4v) is 6.57. The van der Waals surface area contributed by atoms with Crippen molar-refractivity contribution in [3.63, 3.8) is 0 Å². The SMILES string of the molecule is Nc1ccc(Oc2ccc3c(c2)C2(c4ccccc4-3)c3ccccc3-c3ccc(Oc4ccc(N)cc4)cc32)cc1. The van der Waals surface area contributed by atoms with Crippen molar-refractivity contribution in [1.29, 1.82) is 0 Å². The zero-order valence-electron chi connectivity index (χ0n) is 22.2. The van der Waals surface area contributed by atoms with E-state index in [1.165, 1.54) is 44.5 Å². The molecule has 41 heavy (non-hydrogen) atoms. The van der Waals surface area contributed by atoms with Crippen LogP contribution in [0.4, 0.5) is 11.4 Å². The van der Waals surface area contributed by atoms with Crippen LogP contribution in [0.1, 0.15) is 22.3 Å². The molecule has 0 unspecified atom stereocenters. The number of ether oxygens (including phenoxy) is 2. The summed E-state index contributed by atoms with van der Waals surface area (Å²) in [5, 5.41) is 0. The van der Waals surface area contributed by atoms with Crippen LogP contribution in [0.25, 0.3) is 22.3 Å². The van der Waals surface area contributed by atoms with E-state index in [-0.39, 0.29) is 0 Å². The molecule has 4 N–H and O–H groups in total. The highest BCUT2D eigenvalue weighted by atomic mass is 16.5. The quantitative estimate of drug-likeness (QED) is 0.223. The van der Waals surface area contributed by atoms with Gasteiger partial charge in [-0.05, 0) is 117 Å². The van der Waals surface area contributed by atoms with Gasteiger partial charge in [-0.3, -0.25) is 0 Å². The molecule has 0 aliphatic heterocycles. The summed E-state index contributed by atoms with van der Waals surface area (Å²) in [6.07, 6.45) is 0. The molecule has 6 aromatic rings. The molecule has 0 aromatic heterocycles. The van der Waals surface area contributed by atoms with Crippen molar-refractivity contribution in [3.8, 4) is 45.3 Å². The van der Waals surface area contributed by atoms with Gasteiger partial charge in [-0.25, -0.2) is 0 Å². The molecule has 0 amide bonds. The summed E-state index contributed by atoms with van der Waals surface area (Å²) in [6.45, 7) is 0. The Morgan fingerprint density at radius 1 is 0.366 bits per heavy atom. The van der Waals surface area contributed by atoms with Crippen molar-refractivity contribution in [2.75, 3.05) is 11.5 Å². The summed E-state index contributed by atoms with van der Waals surface area (Å²) in [5.41, 5.74) is 22.5. The Morgan fingerprint density at radius 3 is 1.17 bits per heavy atom. The van der Waals surface area contributed by atoms with Crippen LogP contribution >= 0.6 is 0 Å². The highest BCUT2D eigenvalue weighted by molar-refractivity contribution is 5.95. The van der Waals surface area contributed by atoms with Gasteiger partial charge >= 0.3 is 0 Å². The molecule has 2 aliphatic rings. The summed E-state index contributed by atoms with van der Waals surface area (Å²) in [7, 11) is 0. The Bertz CT molecular complexity index is 1820. The number of nitrogen functional groups attached to an aromatic ring is 2. The molecule has 2 aliphatic carbocycles. The first kappa shape index (κ1) is 23.4. The second kappa shape index (κ2) is 8.77. The number of nitrogens with two attached hydrogens (primary N) is 2. The standard InChI is InChI=1S/C37H26N2O2/c38-23-9-13-25(14-10-23)40-27-17-19-31-29-5-1-3-7-33(29)37(35(31)21-27)34-8-4-2-6-30(34)32-20-18-28(22-36(32)37)41-26-15-11-24(39)12-16-26/h1-22H,38-39H2. The lowest BCUT2D eigenvalue weighted by atomic mass is 9.70. The van der Waals surface area contributed by atoms with Crippen LogP contribution in [-0.4, -0.2) is 0 Å². The first-order valence-electron chi connectivity index (χ1n) is 13.7. The van der Waals surface area contributed by atoms with Crippen molar-refractivity contribution < 1.29 is 9.47 Å². The molecule has 196 valence electrons. The third-order valence-electron chi connectivity index (χ3n) is 8.26. The molecule has 6 aromatic carbocycles. The lowest BCUT2D eigenvalue weighted by Crippen LogP contribution is -2.25. The van der Waals surface area contributed by atoms with Crippen molar-refractivity contribution in [2.24, 2.45) is 0 Å². The number of hydrogen-bond acceptors (Lipinski definition) is 4. The lowest BCUT2D eigenvalue weighted by Gasteiger charge is -2.30. The van der Waals surface area contributed by atoms with Gasteiger partial charge in [-0.1, -0.05) is 60.7 Å². The van der Waals surface area contributed by atoms with Crippen molar-refractivity contribution in [2.45, 2.75) is 5.41 Å². The molecule has 0 radical (unpaired) electrons. The van der Waals surface area contributed by atoms with E-state index < -0.39 is 5.41 Å². The summed E-state index contributed by atoms with van der Waals surface area (Å²) in [4.78, 5) is 0. The third kappa shape index (κ3) is 3.47. The van der Waals surface area contributed by atoms with Crippen LogP contribution in [0.5, 0.6) is 23.0 Å². The summed E-state index contributed by atoms with van der Waals surface area (Å²) in [5.74, 6) is 3.05. The maximum atomic E-state index is 6.36. The predicted molar refractivity (Wildman–Crippen MR) is 165 cm³/mol. The second-order valence-electron chi connectivity index (χ2n) is 10.6. The van der Waals surface area contributed by atoms with Gasteiger partial charge in [-0.2, -0.15) is 0 Å². The van der Waals surface area contributed by atoms with Crippen LogP contribution in [-0.2, 0) is 5.41 Å². The van der Waals surface area contributed by atoms with Crippen molar-refractivity contribution >= 4 is 11.4 Å². The summed E-state index contributed by atoms with van der Waals surface area (Å²) >= 11 is 0. The zero-order chi connectivity index (χ0) is 27.6. The Labute approximate surface area is 238 Å². The Morgan fingerprint density at radius 2 is 0.732 bits per heavy atom. The molecule has 0 heterocycles. The molecule has 0 bridgehead atoms. The van der Waals surface area contributed by atoms with Crippen molar-refractivity contribution in [1.82, 2.24) is 0 Å². The second-order valence-corrected chi connectivity index (χ2v) is 10.6. The van der Waals surface area contributed by atoms with Gasteiger partial charge in [0.25, 0.3) is 0 Å². The topological polar surface area (TPSA) is 70.5 Å². The van der Waals surface area contributed by atoms with E-state index in [4.69, 9.17) is 20.9 Å². The van der Waals surface area contributed by atoms with Gasteiger partial charge in [0.1, 0.15) is 23.0 Å². The average molecular weight is 531 g/mol. The van der Waals surface area contributed by atoms with Crippen LogP contribution in [0, 0.1) is 0 Å². The maximum absolute atomic E-state index is 6.36. The van der Waals surface area contributed by atoms with Gasteiger partial charge in [-0.15, -0.1) is 0 Å². The van der Waals surface area contributed by atoms with Gasteiger partial charge in [0.05, 0.1) is 5.41 Å². The molecule has 1 spiro atoms. The molecule has 0 fully saturated rings. The molecular weight excluding hydrogens is 504 g/mol. The molecule has 0 atom stereocenters. The van der Waals surface area contributed by atoms with Gasteiger partial charge < -0.3 is 20.9 Å². The minimum atomic E-state index is -0.515. The van der Waals surface area contributed by atoms with Gasteiger partial charge in [0, 0.05) is 11.4 Å². The molecule has 0 saturated carbocycles. The van der Waals surface area contributed by atoms with Gasteiger partial charge in [0.15, 0.2) is 0 Å². The summed E-state index contributed by atoms with van der Waals surface area (Å²) in [6, 6.07) is 45.3. The molecule has 4 nitrogen and oxygen atoms in total. The van der Waals surface area contributed by atoms with Crippen LogP contribution < -0.4 is 20.9 Å². The van der Waals surface area contributed by atoms with Gasteiger partial charge in [0.2, 0.25) is 0 Å². The van der Waals surface area contributed by atoms with Crippen LogP contribution in [0.15, 0.2) is 133 Å². The Kier molecular flexibility index (Phi) is 5.01. The number of hydrogen-bond donors (Lipinski definition) is 2. The zero-order valence-corrected chi connectivity index (χ0v) is 22.2. The molecule has 4 heteroatoms. The van der Waals surface area contributed by atoms with E-state index >= 15 is 0 Å². The van der Waals surface area contributed by atoms with E-state index in [0.29, 0.717) is 11.4 Å². The molecular formula is C37H26N2O2. The maximum Gasteiger partial charge on any atom is 0.127 e. The monoisotopic (exact) mass is 530 g/mol. The number of fused-ring (bicyclic) bond motifs is 10. The highest BCUT2D eigenvalue weighted by Gasteiger charge is 2.51. The first-order chi connectivity index (χ1) is 20.1. The first-order valence-corrected chi connectivity index (χ1v) is 13.7. The number of rotatable bonds is 4. The predicted octanol–water partition coefficient (Wildman–Crippen LogP) is 8.78. The summed E-state index contributed by atoms with van der Waals surface area (Å²) < 4.78 is 12.7. The van der Waals surface area contributed by atoms with E-state index in [1.807, 2.05) is 60.7 Å². The third-order valence-corrected chi connectivity index (χ3v) is 8.26. The fourth-order valence-electron chi connectivity index (χ4n) is 6.57. The van der Waals surface area contributed by atoms with E-state index in [1.54, 1.807) is 0 Å². The van der Waals surface area contributed by atoms with E-state index in [0.717, 1.165) is 23.0 Å². The fraction of sp³-hybridized carbons (Fsp3) is 0.0270. The highest BCUT2D eigenvalue weighted by Crippen LogP contribution is 2.63. The minimum Gasteiger partial charge on any atom is -0.457 e. The lowest BCUT2D eigenvalue weighted by molar-refractivity contribution is 0.480. The van der Waals surface area contributed by atoms with Crippen LogP contribution in [0.2, 0.25) is 0 Å². The normalized spacial score (nSPS) is 13.3. The van der Waals surface area contributed by atoms with E-state index in [2.05, 4.69) is 72.8 Å². The van der Waals surface area contributed by atoms with Crippen molar-refractivity contribution in [3.05, 3.63) is 156 Å². The van der Waals surface area contributed by atoms with Crippen LogP contribution in [0.3, 0.4) is 0 Å². The Hall–Kier alpha value is -5.48. The molecule has 8 rings (SSSR count). The smallest absolute Gasteiger partial charge is 0.127 e. The Balaban J connectivity index is 1.35.